The van der Waals surface area contributed by atoms with Crippen molar-refractivity contribution in [2.75, 3.05) is 18.0 Å². The number of para-hydroxylation sites is 1. The van der Waals surface area contributed by atoms with E-state index in [1.807, 2.05) is 54.6 Å². The molecule has 2 aromatic carbocycles. The van der Waals surface area contributed by atoms with E-state index in [2.05, 4.69) is 5.32 Å². The number of nitrogens with one attached hydrogen (secondary N) is 1. The Labute approximate surface area is 146 Å². The highest BCUT2D eigenvalue weighted by atomic mass is 35.5. The van der Waals surface area contributed by atoms with Gasteiger partial charge in [0.25, 0.3) is 0 Å². The van der Waals surface area contributed by atoms with E-state index in [4.69, 9.17) is 11.6 Å². The minimum atomic E-state index is -0.302. The fraction of sp³-hybridized carbons (Fsp3) is 0.263. The molecule has 1 heterocycles. The van der Waals surface area contributed by atoms with Gasteiger partial charge in [-0.05, 0) is 30.2 Å². The van der Waals surface area contributed by atoms with Gasteiger partial charge in [-0.1, -0.05) is 48.0 Å². The Morgan fingerprint density at radius 3 is 2.58 bits per heavy atom. The second kappa shape index (κ2) is 7.49. The molecule has 0 saturated carbocycles. The predicted octanol–water partition coefficient (Wildman–Crippen LogP) is 3.05. The SMILES string of the molecule is O=C(NCCc1ccccc1Cl)[C@H]1CC(=O)N(c2ccccc2)C1. The third-order valence-electron chi connectivity index (χ3n) is 4.22. The Balaban J connectivity index is 1.53. The second-order valence-electron chi connectivity index (χ2n) is 5.87. The molecule has 0 aliphatic carbocycles. The quantitative estimate of drug-likeness (QED) is 0.908. The zero-order valence-electron chi connectivity index (χ0n) is 13.2. The number of hydrogen-bond donors (Lipinski definition) is 1. The van der Waals surface area contributed by atoms with Crippen molar-refractivity contribution in [2.24, 2.45) is 5.92 Å². The maximum absolute atomic E-state index is 12.3. The number of carbonyl (C=O) groups excluding carboxylic acids is 2. The van der Waals surface area contributed by atoms with Gasteiger partial charge < -0.3 is 10.2 Å². The molecule has 24 heavy (non-hydrogen) atoms. The Morgan fingerprint density at radius 1 is 1.12 bits per heavy atom. The van der Waals surface area contributed by atoms with Crippen molar-refractivity contribution in [3.63, 3.8) is 0 Å². The normalized spacial score (nSPS) is 17.1. The van der Waals surface area contributed by atoms with Gasteiger partial charge in [-0.15, -0.1) is 0 Å². The molecule has 0 unspecified atom stereocenters. The molecule has 2 aromatic rings. The van der Waals surface area contributed by atoms with Crippen LogP contribution >= 0.6 is 11.6 Å². The number of halogens is 1. The van der Waals surface area contributed by atoms with E-state index in [-0.39, 0.29) is 24.2 Å². The Morgan fingerprint density at radius 2 is 1.83 bits per heavy atom. The lowest BCUT2D eigenvalue weighted by molar-refractivity contribution is -0.126. The topological polar surface area (TPSA) is 49.4 Å². The average molecular weight is 343 g/mol. The molecule has 0 aromatic heterocycles. The number of hydrogen-bond acceptors (Lipinski definition) is 2. The van der Waals surface area contributed by atoms with E-state index >= 15 is 0 Å². The van der Waals surface area contributed by atoms with Crippen LogP contribution in [-0.4, -0.2) is 24.9 Å². The van der Waals surface area contributed by atoms with Crippen LogP contribution in [0.5, 0.6) is 0 Å². The molecule has 4 nitrogen and oxygen atoms in total. The van der Waals surface area contributed by atoms with Crippen LogP contribution in [0.15, 0.2) is 54.6 Å². The summed E-state index contributed by atoms with van der Waals surface area (Å²) >= 11 is 6.11. The summed E-state index contributed by atoms with van der Waals surface area (Å²) in [6.07, 6.45) is 0.932. The fourth-order valence-corrected chi connectivity index (χ4v) is 3.14. The minimum Gasteiger partial charge on any atom is -0.355 e. The highest BCUT2D eigenvalue weighted by Gasteiger charge is 2.34. The van der Waals surface area contributed by atoms with Crippen LogP contribution in [0.25, 0.3) is 0 Å². The van der Waals surface area contributed by atoms with Crippen LogP contribution in [-0.2, 0) is 16.0 Å². The molecule has 1 aliphatic rings. The molecule has 0 bridgehead atoms. The zero-order chi connectivity index (χ0) is 16.9. The van der Waals surface area contributed by atoms with Crippen molar-refractivity contribution in [3.8, 4) is 0 Å². The summed E-state index contributed by atoms with van der Waals surface area (Å²) in [5.41, 5.74) is 1.85. The van der Waals surface area contributed by atoms with Gasteiger partial charge in [-0.25, -0.2) is 0 Å². The molecule has 5 heteroatoms. The number of nitrogens with zero attached hydrogens (tertiary/aromatic N) is 1. The fourth-order valence-electron chi connectivity index (χ4n) is 2.91. The lowest BCUT2D eigenvalue weighted by Gasteiger charge is -2.16. The molecule has 1 fully saturated rings. The first kappa shape index (κ1) is 16.5. The van der Waals surface area contributed by atoms with Crippen LogP contribution in [0.3, 0.4) is 0 Å². The first-order valence-corrected chi connectivity index (χ1v) is 8.39. The Kier molecular flexibility index (Phi) is 5.16. The van der Waals surface area contributed by atoms with E-state index in [9.17, 15) is 9.59 Å². The summed E-state index contributed by atoms with van der Waals surface area (Å²) < 4.78 is 0. The summed E-state index contributed by atoms with van der Waals surface area (Å²) in [7, 11) is 0. The van der Waals surface area contributed by atoms with Crippen molar-refractivity contribution in [2.45, 2.75) is 12.8 Å². The van der Waals surface area contributed by atoms with Gasteiger partial charge in [0, 0.05) is 30.2 Å². The number of benzene rings is 2. The second-order valence-corrected chi connectivity index (χ2v) is 6.28. The summed E-state index contributed by atoms with van der Waals surface area (Å²) in [6, 6.07) is 17.0. The van der Waals surface area contributed by atoms with Crippen molar-refractivity contribution in [1.82, 2.24) is 5.32 Å². The van der Waals surface area contributed by atoms with Gasteiger partial charge >= 0.3 is 0 Å². The molecule has 124 valence electrons. The molecule has 0 radical (unpaired) electrons. The van der Waals surface area contributed by atoms with Gasteiger partial charge in [0.1, 0.15) is 0 Å². The summed E-state index contributed by atoms with van der Waals surface area (Å²) in [5.74, 6) is -0.384. The smallest absolute Gasteiger partial charge is 0.227 e. The van der Waals surface area contributed by atoms with Gasteiger partial charge in [0.15, 0.2) is 0 Å². The van der Waals surface area contributed by atoms with Gasteiger partial charge in [0.05, 0.1) is 5.92 Å². The van der Waals surface area contributed by atoms with E-state index in [1.165, 1.54) is 0 Å². The van der Waals surface area contributed by atoms with Gasteiger partial charge in [0.2, 0.25) is 11.8 Å². The van der Waals surface area contributed by atoms with Crippen LogP contribution in [0.1, 0.15) is 12.0 Å². The highest BCUT2D eigenvalue weighted by Crippen LogP contribution is 2.24. The highest BCUT2D eigenvalue weighted by molar-refractivity contribution is 6.31. The lowest BCUT2D eigenvalue weighted by atomic mass is 10.1. The molecule has 2 amide bonds. The van der Waals surface area contributed by atoms with Crippen molar-refractivity contribution < 1.29 is 9.59 Å². The largest absolute Gasteiger partial charge is 0.355 e. The molecule has 1 aliphatic heterocycles. The molecular formula is C19H19ClN2O2. The van der Waals surface area contributed by atoms with E-state index in [0.29, 0.717) is 24.5 Å². The van der Waals surface area contributed by atoms with Gasteiger partial charge in [-0.2, -0.15) is 0 Å². The monoisotopic (exact) mass is 342 g/mol. The Hall–Kier alpha value is -2.33. The average Bonchev–Trinajstić information content (AvgIpc) is 2.99. The van der Waals surface area contributed by atoms with E-state index in [0.717, 1.165) is 11.3 Å². The molecule has 1 saturated heterocycles. The standard InChI is InChI=1S/C19H19ClN2O2/c20-17-9-5-4-6-14(17)10-11-21-19(24)15-12-18(23)22(13-15)16-7-2-1-3-8-16/h1-9,15H,10-13H2,(H,21,24)/t15-/m0/s1. The third-order valence-corrected chi connectivity index (χ3v) is 4.58. The molecule has 1 N–H and O–H groups in total. The third kappa shape index (κ3) is 3.77. The van der Waals surface area contributed by atoms with Crippen LogP contribution in [0.2, 0.25) is 5.02 Å². The van der Waals surface area contributed by atoms with Crippen molar-refractivity contribution in [3.05, 3.63) is 65.2 Å². The minimum absolute atomic E-state index is 0.00699. The lowest BCUT2D eigenvalue weighted by Crippen LogP contribution is -2.34. The van der Waals surface area contributed by atoms with Crippen LogP contribution in [0.4, 0.5) is 5.69 Å². The van der Waals surface area contributed by atoms with E-state index in [1.54, 1.807) is 4.90 Å². The maximum atomic E-state index is 12.3. The maximum Gasteiger partial charge on any atom is 0.227 e. The molecule has 0 spiro atoms. The van der Waals surface area contributed by atoms with E-state index < -0.39 is 0 Å². The number of carbonyl (C=O) groups is 2. The summed E-state index contributed by atoms with van der Waals surface area (Å²) in [5, 5.41) is 3.62. The summed E-state index contributed by atoms with van der Waals surface area (Å²) in [4.78, 5) is 26.2. The zero-order valence-corrected chi connectivity index (χ0v) is 14.0. The molecule has 1 atom stereocenters. The first-order chi connectivity index (χ1) is 11.6. The predicted molar refractivity (Wildman–Crippen MR) is 95.1 cm³/mol. The Bertz CT molecular complexity index is 733. The number of rotatable bonds is 5. The van der Waals surface area contributed by atoms with Crippen molar-refractivity contribution >= 4 is 29.1 Å². The van der Waals surface area contributed by atoms with Crippen LogP contribution in [0, 0.1) is 5.92 Å². The van der Waals surface area contributed by atoms with Crippen molar-refractivity contribution in [1.29, 1.82) is 0 Å². The number of anilines is 1. The first-order valence-electron chi connectivity index (χ1n) is 8.01. The van der Waals surface area contributed by atoms with Gasteiger partial charge in [-0.3, -0.25) is 9.59 Å². The molecule has 3 rings (SSSR count). The molecular weight excluding hydrogens is 324 g/mol. The van der Waals surface area contributed by atoms with Crippen LogP contribution < -0.4 is 10.2 Å². The number of amides is 2. The summed E-state index contributed by atoms with van der Waals surface area (Å²) in [6.45, 7) is 0.944.